The average Bonchev–Trinajstić information content (AvgIpc) is 3.00. The Morgan fingerprint density at radius 2 is 1.92 bits per heavy atom. The molecule has 0 aliphatic heterocycles. The van der Waals surface area contributed by atoms with Crippen LogP contribution in [0, 0.1) is 11.3 Å². The zero-order valence-corrected chi connectivity index (χ0v) is 15.7. The molecule has 132 valence electrons. The largest absolute Gasteiger partial charge is 0.493 e. The van der Waals surface area contributed by atoms with E-state index in [0.717, 1.165) is 0 Å². The van der Waals surface area contributed by atoms with Crippen LogP contribution in [-0.4, -0.2) is 27.2 Å². The summed E-state index contributed by atoms with van der Waals surface area (Å²) in [5, 5.41) is 18.5. The predicted octanol–water partition coefficient (Wildman–Crippen LogP) is 4.01. The van der Waals surface area contributed by atoms with Crippen molar-refractivity contribution in [3.63, 3.8) is 0 Å². The smallest absolute Gasteiger partial charge is 0.210 e. The van der Waals surface area contributed by atoms with E-state index in [-0.39, 0.29) is 0 Å². The van der Waals surface area contributed by atoms with E-state index >= 15 is 0 Å². The highest BCUT2D eigenvalue weighted by molar-refractivity contribution is 7.99. The van der Waals surface area contributed by atoms with Crippen molar-refractivity contribution in [2.24, 2.45) is 0 Å². The number of rotatable bonds is 6. The van der Waals surface area contributed by atoms with Crippen molar-refractivity contribution in [1.29, 1.82) is 5.26 Å². The topological polar surface area (TPSA) is 89.8 Å². The van der Waals surface area contributed by atoms with Crippen molar-refractivity contribution in [2.45, 2.75) is 5.16 Å². The van der Waals surface area contributed by atoms with Crippen LogP contribution in [0.2, 0.25) is 10.0 Å². The maximum atomic E-state index is 8.77. The van der Waals surface area contributed by atoms with Crippen LogP contribution in [0.15, 0.2) is 47.6 Å². The average molecular weight is 406 g/mol. The lowest BCUT2D eigenvalue weighted by atomic mass is 10.2. The molecule has 0 spiro atoms. The van der Waals surface area contributed by atoms with E-state index in [1.807, 2.05) is 0 Å². The summed E-state index contributed by atoms with van der Waals surface area (Å²) in [5.74, 6) is 7.87. The lowest BCUT2D eigenvalue weighted by molar-refractivity contribution is 0.344. The number of aromatic nitrogens is 3. The predicted molar refractivity (Wildman–Crippen MR) is 103 cm³/mol. The molecule has 9 heteroatoms. The van der Waals surface area contributed by atoms with Gasteiger partial charge in [0.15, 0.2) is 5.82 Å². The lowest BCUT2D eigenvalue weighted by Gasteiger charge is -2.07. The summed E-state index contributed by atoms with van der Waals surface area (Å²) in [6.45, 7) is 0.459. The van der Waals surface area contributed by atoms with Gasteiger partial charge in [-0.05, 0) is 42.5 Å². The van der Waals surface area contributed by atoms with Crippen LogP contribution >= 0.6 is 35.0 Å². The summed E-state index contributed by atoms with van der Waals surface area (Å²) >= 11 is 13.5. The molecule has 2 N–H and O–H groups in total. The third-order valence-electron chi connectivity index (χ3n) is 3.40. The summed E-state index contributed by atoms with van der Waals surface area (Å²) in [4.78, 5) is 0. The summed E-state index contributed by atoms with van der Waals surface area (Å²) in [6, 6.07) is 14.1. The molecular weight excluding hydrogens is 393 g/mol. The van der Waals surface area contributed by atoms with Gasteiger partial charge in [-0.3, -0.25) is 0 Å². The zero-order valence-electron chi connectivity index (χ0n) is 13.4. The van der Waals surface area contributed by atoms with Crippen LogP contribution in [0.5, 0.6) is 5.75 Å². The Labute approximate surface area is 164 Å². The second-order valence-corrected chi connectivity index (χ2v) is 7.04. The van der Waals surface area contributed by atoms with E-state index in [4.69, 9.17) is 39.0 Å². The number of hydrogen-bond donors (Lipinski definition) is 1. The Bertz CT molecular complexity index is 953. The van der Waals surface area contributed by atoms with E-state index in [1.165, 1.54) is 16.4 Å². The summed E-state index contributed by atoms with van der Waals surface area (Å²) in [6.07, 6.45) is 0. The number of benzene rings is 2. The Balaban J connectivity index is 1.59. The van der Waals surface area contributed by atoms with Gasteiger partial charge < -0.3 is 10.6 Å². The van der Waals surface area contributed by atoms with Gasteiger partial charge in [0, 0.05) is 16.3 Å². The van der Waals surface area contributed by atoms with Crippen molar-refractivity contribution in [3.05, 3.63) is 58.1 Å². The first kappa shape index (κ1) is 18.4. The highest BCUT2D eigenvalue weighted by atomic mass is 35.5. The second-order valence-electron chi connectivity index (χ2n) is 5.13. The molecule has 3 rings (SSSR count). The highest BCUT2D eigenvalue weighted by Crippen LogP contribution is 2.30. The van der Waals surface area contributed by atoms with Crippen molar-refractivity contribution < 1.29 is 4.74 Å². The standard InChI is InChI=1S/C17H13Cl2N5OS/c18-12-3-6-14(15(19)9-12)16-22-23-17(24(16)21)26-8-7-25-13-4-1-11(10-20)2-5-13/h1-6,9H,7-8,21H2. The highest BCUT2D eigenvalue weighted by Gasteiger charge is 2.15. The first-order valence-electron chi connectivity index (χ1n) is 7.50. The van der Waals surface area contributed by atoms with E-state index in [0.29, 0.717) is 50.3 Å². The van der Waals surface area contributed by atoms with Gasteiger partial charge in [0.2, 0.25) is 5.16 Å². The number of hydrogen-bond acceptors (Lipinski definition) is 6. The number of nitrogens with two attached hydrogens (primary N) is 1. The third-order valence-corrected chi connectivity index (χ3v) is 4.86. The van der Waals surface area contributed by atoms with Crippen LogP contribution in [0.4, 0.5) is 0 Å². The van der Waals surface area contributed by atoms with Gasteiger partial charge in [0.1, 0.15) is 5.75 Å². The van der Waals surface area contributed by atoms with Crippen molar-refractivity contribution in [1.82, 2.24) is 14.9 Å². The molecular formula is C17H13Cl2N5OS. The lowest BCUT2D eigenvalue weighted by Crippen LogP contribution is -2.12. The van der Waals surface area contributed by atoms with E-state index in [2.05, 4.69) is 16.3 Å². The van der Waals surface area contributed by atoms with E-state index < -0.39 is 0 Å². The minimum atomic E-state index is 0.456. The quantitative estimate of drug-likeness (QED) is 0.378. The summed E-state index contributed by atoms with van der Waals surface area (Å²) < 4.78 is 7.02. The number of ether oxygens (including phenoxy) is 1. The van der Waals surface area contributed by atoms with Crippen molar-refractivity contribution in [2.75, 3.05) is 18.2 Å². The molecule has 0 saturated carbocycles. The summed E-state index contributed by atoms with van der Waals surface area (Å²) in [7, 11) is 0. The molecule has 0 fully saturated rings. The Morgan fingerprint density at radius 3 is 2.62 bits per heavy atom. The van der Waals surface area contributed by atoms with Gasteiger partial charge in [-0.2, -0.15) is 5.26 Å². The fraction of sp³-hybridized carbons (Fsp3) is 0.118. The molecule has 0 radical (unpaired) electrons. The number of halogens is 2. The molecule has 0 amide bonds. The zero-order chi connectivity index (χ0) is 18.5. The number of nitrogens with zero attached hydrogens (tertiary/aromatic N) is 4. The minimum absolute atomic E-state index is 0.456. The Hall–Kier alpha value is -2.40. The van der Waals surface area contributed by atoms with E-state index in [9.17, 15) is 0 Å². The van der Waals surface area contributed by atoms with Crippen LogP contribution in [-0.2, 0) is 0 Å². The minimum Gasteiger partial charge on any atom is -0.493 e. The normalized spacial score (nSPS) is 10.5. The number of nitriles is 1. The maximum Gasteiger partial charge on any atom is 0.210 e. The third kappa shape index (κ3) is 4.22. The first-order chi connectivity index (χ1) is 12.6. The van der Waals surface area contributed by atoms with Crippen LogP contribution in [0.1, 0.15) is 5.56 Å². The molecule has 2 aromatic carbocycles. The van der Waals surface area contributed by atoms with Crippen LogP contribution in [0.3, 0.4) is 0 Å². The summed E-state index contributed by atoms with van der Waals surface area (Å²) in [5.41, 5.74) is 1.25. The molecule has 1 aromatic heterocycles. The molecule has 3 aromatic rings. The van der Waals surface area contributed by atoms with Gasteiger partial charge in [-0.15, -0.1) is 10.2 Å². The fourth-order valence-electron chi connectivity index (χ4n) is 2.15. The molecule has 0 saturated heterocycles. The van der Waals surface area contributed by atoms with Crippen molar-refractivity contribution in [3.8, 4) is 23.2 Å². The van der Waals surface area contributed by atoms with Gasteiger partial charge in [-0.1, -0.05) is 35.0 Å². The maximum absolute atomic E-state index is 8.77. The van der Waals surface area contributed by atoms with Gasteiger partial charge in [0.25, 0.3) is 0 Å². The molecule has 0 unspecified atom stereocenters. The van der Waals surface area contributed by atoms with Gasteiger partial charge in [-0.25, -0.2) is 4.68 Å². The molecule has 0 bridgehead atoms. The molecule has 0 aliphatic rings. The molecule has 6 nitrogen and oxygen atoms in total. The van der Waals surface area contributed by atoms with Crippen LogP contribution in [0.25, 0.3) is 11.4 Å². The Kier molecular flexibility index (Phi) is 5.89. The van der Waals surface area contributed by atoms with Gasteiger partial charge >= 0.3 is 0 Å². The number of nitrogen functional groups attached to an aromatic ring is 1. The monoisotopic (exact) mass is 405 g/mol. The SMILES string of the molecule is N#Cc1ccc(OCCSc2nnc(-c3ccc(Cl)cc3Cl)n2N)cc1. The van der Waals surface area contributed by atoms with Crippen molar-refractivity contribution >= 4 is 35.0 Å². The fourth-order valence-corrected chi connectivity index (χ4v) is 3.31. The number of thioether (sulfide) groups is 1. The van der Waals surface area contributed by atoms with E-state index in [1.54, 1.807) is 42.5 Å². The molecule has 26 heavy (non-hydrogen) atoms. The molecule has 0 aliphatic carbocycles. The first-order valence-corrected chi connectivity index (χ1v) is 9.24. The Morgan fingerprint density at radius 1 is 1.15 bits per heavy atom. The molecule has 0 atom stereocenters. The second kappa shape index (κ2) is 8.32. The van der Waals surface area contributed by atoms with Crippen LogP contribution < -0.4 is 10.6 Å². The van der Waals surface area contributed by atoms with Gasteiger partial charge in [0.05, 0.1) is 23.3 Å². The molecule has 1 heterocycles.